The van der Waals surface area contributed by atoms with Gasteiger partial charge in [-0.05, 0) is 30.8 Å². The van der Waals surface area contributed by atoms with Gasteiger partial charge in [0.1, 0.15) is 0 Å². The lowest BCUT2D eigenvalue weighted by Crippen LogP contribution is -2.19. The quantitative estimate of drug-likeness (QED) is 0.490. The van der Waals surface area contributed by atoms with Gasteiger partial charge in [0.25, 0.3) is 0 Å². The molecule has 9 heavy (non-hydrogen) atoms. The molecule has 2 unspecified atom stereocenters. The molecule has 0 saturated heterocycles. The van der Waals surface area contributed by atoms with Gasteiger partial charge in [-0.1, -0.05) is 13.5 Å². The largest absolute Gasteiger partial charge is 0.389 e. The fraction of sp³-hybridized carbons (Fsp3) is 0.750. The first-order chi connectivity index (χ1) is 4.20. The summed E-state index contributed by atoms with van der Waals surface area (Å²) in [4.78, 5) is 0. The normalized spacial score (nSPS) is 36.9. The maximum Gasteiger partial charge on any atom is 0.0750 e. The summed E-state index contributed by atoms with van der Waals surface area (Å²) in [6.07, 6.45) is 2.92. The van der Waals surface area contributed by atoms with E-state index in [0.29, 0.717) is 5.92 Å². The zero-order chi connectivity index (χ0) is 6.85. The summed E-state index contributed by atoms with van der Waals surface area (Å²) in [5.41, 5.74) is 1.02. The predicted molar refractivity (Wildman–Crippen MR) is 38.2 cm³/mol. The van der Waals surface area contributed by atoms with E-state index in [4.69, 9.17) is 0 Å². The molecule has 1 rings (SSSR count). The van der Waals surface area contributed by atoms with E-state index < -0.39 is 0 Å². The molecule has 0 aromatic carbocycles. The van der Waals surface area contributed by atoms with E-state index in [1.54, 1.807) is 0 Å². The molecule has 0 bridgehead atoms. The van der Waals surface area contributed by atoms with Crippen molar-refractivity contribution in [3.05, 3.63) is 12.2 Å². The first kappa shape index (κ1) is 6.81. The third kappa shape index (κ3) is 1.55. The minimum atomic E-state index is -0.214. The van der Waals surface area contributed by atoms with Gasteiger partial charge in [-0.15, -0.1) is 0 Å². The van der Waals surface area contributed by atoms with Crippen LogP contribution in [0.2, 0.25) is 0 Å². The summed E-state index contributed by atoms with van der Waals surface area (Å²) in [5, 5.41) is 9.25. The van der Waals surface area contributed by atoms with Crippen molar-refractivity contribution in [1.82, 2.24) is 0 Å². The standard InChI is InChI=1S/C8H14O/c1-6-3-4-7(2)8(9)5-6/h6,8-9H,2-5H2,1H3. The fourth-order valence-electron chi connectivity index (χ4n) is 1.26. The summed E-state index contributed by atoms with van der Waals surface area (Å²) in [6, 6.07) is 0. The highest BCUT2D eigenvalue weighted by Gasteiger charge is 2.18. The van der Waals surface area contributed by atoms with E-state index in [1.807, 2.05) is 0 Å². The summed E-state index contributed by atoms with van der Waals surface area (Å²) >= 11 is 0. The Morgan fingerprint density at radius 1 is 1.67 bits per heavy atom. The smallest absolute Gasteiger partial charge is 0.0750 e. The molecular formula is C8H14O. The van der Waals surface area contributed by atoms with Crippen LogP contribution in [0.4, 0.5) is 0 Å². The van der Waals surface area contributed by atoms with Crippen LogP contribution >= 0.6 is 0 Å². The second-order valence-electron chi connectivity index (χ2n) is 3.05. The summed E-state index contributed by atoms with van der Waals surface area (Å²) < 4.78 is 0. The minimum absolute atomic E-state index is 0.214. The van der Waals surface area contributed by atoms with Crippen LogP contribution in [-0.4, -0.2) is 11.2 Å². The van der Waals surface area contributed by atoms with Gasteiger partial charge in [0.15, 0.2) is 0 Å². The lowest BCUT2D eigenvalue weighted by Gasteiger charge is -2.24. The van der Waals surface area contributed by atoms with Crippen LogP contribution in [0.25, 0.3) is 0 Å². The molecule has 1 nitrogen and oxygen atoms in total. The molecule has 0 aromatic rings. The molecule has 1 saturated carbocycles. The third-order valence-electron chi connectivity index (χ3n) is 2.06. The number of hydrogen-bond acceptors (Lipinski definition) is 1. The van der Waals surface area contributed by atoms with Crippen molar-refractivity contribution in [3.63, 3.8) is 0 Å². The molecule has 0 radical (unpaired) electrons. The zero-order valence-electron chi connectivity index (χ0n) is 5.93. The van der Waals surface area contributed by atoms with Crippen molar-refractivity contribution in [1.29, 1.82) is 0 Å². The molecule has 1 fully saturated rings. The van der Waals surface area contributed by atoms with E-state index in [2.05, 4.69) is 13.5 Å². The van der Waals surface area contributed by atoms with Crippen LogP contribution in [0.5, 0.6) is 0 Å². The second kappa shape index (κ2) is 2.53. The molecule has 0 spiro atoms. The fourth-order valence-corrected chi connectivity index (χ4v) is 1.26. The van der Waals surface area contributed by atoms with Gasteiger partial charge in [-0.25, -0.2) is 0 Å². The SMILES string of the molecule is C=C1CCC(C)CC1O. The molecule has 0 aliphatic heterocycles. The van der Waals surface area contributed by atoms with Crippen molar-refractivity contribution < 1.29 is 5.11 Å². The van der Waals surface area contributed by atoms with Gasteiger partial charge in [0.05, 0.1) is 6.10 Å². The van der Waals surface area contributed by atoms with Crippen LogP contribution in [0.1, 0.15) is 26.2 Å². The highest BCUT2D eigenvalue weighted by molar-refractivity contribution is 5.04. The van der Waals surface area contributed by atoms with E-state index in [1.165, 1.54) is 6.42 Å². The maximum atomic E-state index is 9.25. The Hall–Kier alpha value is -0.300. The molecule has 1 aliphatic carbocycles. The molecule has 0 aromatic heterocycles. The predicted octanol–water partition coefficient (Wildman–Crippen LogP) is 1.72. The number of hydrogen-bond donors (Lipinski definition) is 1. The van der Waals surface area contributed by atoms with Crippen LogP contribution in [0.3, 0.4) is 0 Å². The molecule has 0 amide bonds. The van der Waals surface area contributed by atoms with Crippen LogP contribution in [0.15, 0.2) is 12.2 Å². The Balaban J connectivity index is 2.44. The van der Waals surface area contributed by atoms with Crippen LogP contribution in [-0.2, 0) is 0 Å². The van der Waals surface area contributed by atoms with Crippen molar-refractivity contribution in [2.45, 2.75) is 32.3 Å². The van der Waals surface area contributed by atoms with Crippen molar-refractivity contribution >= 4 is 0 Å². The van der Waals surface area contributed by atoms with Gasteiger partial charge in [0.2, 0.25) is 0 Å². The average molecular weight is 126 g/mol. The molecule has 52 valence electrons. The summed E-state index contributed by atoms with van der Waals surface area (Å²) in [6.45, 7) is 5.96. The van der Waals surface area contributed by atoms with Crippen LogP contribution < -0.4 is 0 Å². The Bertz CT molecular complexity index is 118. The highest BCUT2D eigenvalue weighted by Crippen LogP contribution is 2.26. The van der Waals surface area contributed by atoms with Crippen LogP contribution in [0, 0.1) is 5.92 Å². The molecule has 2 atom stereocenters. The van der Waals surface area contributed by atoms with Crippen molar-refractivity contribution in [3.8, 4) is 0 Å². The van der Waals surface area contributed by atoms with Gasteiger partial charge < -0.3 is 5.11 Å². The monoisotopic (exact) mass is 126 g/mol. The Labute approximate surface area is 56.4 Å². The first-order valence-electron chi connectivity index (χ1n) is 3.56. The number of rotatable bonds is 0. The first-order valence-corrected chi connectivity index (χ1v) is 3.56. The minimum Gasteiger partial charge on any atom is -0.389 e. The van der Waals surface area contributed by atoms with E-state index >= 15 is 0 Å². The topological polar surface area (TPSA) is 20.2 Å². The number of aliphatic hydroxyl groups is 1. The lowest BCUT2D eigenvalue weighted by molar-refractivity contribution is 0.154. The molecule has 1 N–H and O–H groups in total. The average Bonchev–Trinajstić information content (AvgIpc) is 1.80. The van der Waals surface area contributed by atoms with E-state index in [9.17, 15) is 5.11 Å². The van der Waals surface area contributed by atoms with Gasteiger partial charge in [-0.2, -0.15) is 0 Å². The highest BCUT2D eigenvalue weighted by atomic mass is 16.3. The Morgan fingerprint density at radius 3 is 2.78 bits per heavy atom. The molecule has 1 heteroatoms. The van der Waals surface area contributed by atoms with E-state index in [-0.39, 0.29) is 6.10 Å². The Kier molecular flexibility index (Phi) is 1.91. The maximum absolute atomic E-state index is 9.25. The Morgan fingerprint density at radius 2 is 2.33 bits per heavy atom. The summed E-state index contributed by atoms with van der Waals surface area (Å²) in [5.74, 6) is 0.686. The summed E-state index contributed by atoms with van der Waals surface area (Å²) in [7, 11) is 0. The van der Waals surface area contributed by atoms with Gasteiger partial charge in [-0.3, -0.25) is 0 Å². The van der Waals surface area contributed by atoms with Gasteiger partial charge in [0, 0.05) is 0 Å². The van der Waals surface area contributed by atoms with Crippen molar-refractivity contribution in [2.75, 3.05) is 0 Å². The third-order valence-corrected chi connectivity index (χ3v) is 2.06. The second-order valence-corrected chi connectivity index (χ2v) is 3.05. The molecule has 1 aliphatic rings. The van der Waals surface area contributed by atoms with Crippen molar-refractivity contribution in [2.24, 2.45) is 5.92 Å². The zero-order valence-corrected chi connectivity index (χ0v) is 5.93. The number of aliphatic hydroxyl groups excluding tert-OH is 1. The van der Waals surface area contributed by atoms with E-state index in [0.717, 1.165) is 18.4 Å². The molecular weight excluding hydrogens is 112 g/mol. The van der Waals surface area contributed by atoms with Gasteiger partial charge >= 0.3 is 0 Å². The lowest BCUT2D eigenvalue weighted by atomic mass is 9.86. The molecule has 0 heterocycles.